The van der Waals surface area contributed by atoms with Crippen LogP contribution in [-0.4, -0.2) is 54.2 Å². The van der Waals surface area contributed by atoms with Crippen molar-refractivity contribution in [1.82, 2.24) is 9.80 Å². The van der Waals surface area contributed by atoms with E-state index in [1.165, 1.54) is 11.2 Å². The molecule has 2 aliphatic heterocycles. The zero-order valence-corrected chi connectivity index (χ0v) is 12.6. The standard InChI is InChI=1S/C15H18F2N2O3/c1-10-3-6-22-11(10)12(20)19-8-14(7-15(16,17)9-19)4-5-18(2)13(14)21/h3,6H,4-5,7-9H2,1-2H3/t14-/m0/s1. The van der Waals surface area contributed by atoms with Crippen LogP contribution in [0.25, 0.3) is 0 Å². The number of piperidine rings is 1. The van der Waals surface area contributed by atoms with Gasteiger partial charge in [0.15, 0.2) is 5.76 Å². The van der Waals surface area contributed by atoms with Gasteiger partial charge in [-0.3, -0.25) is 9.59 Å². The Labute approximate surface area is 126 Å². The highest BCUT2D eigenvalue weighted by atomic mass is 19.3. The molecule has 120 valence electrons. The Morgan fingerprint density at radius 2 is 2.09 bits per heavy atom. The molecule has 1 spiro atoms. The number of aryl methyl sites for hydroxylation is 1. The van der Waals surface area contributed by atoms with Crippen molar-refractivity contribution in [2.75, 3.05) is 26.7 Å². The Hall–Kier alpha value is -1.92. The number of likely N-dealkylation sites (tertiary alicyclic amines) is 2. The van der Waals surface area contributed by atoms with Gasteiger partial charge in [-0.15, -0.1) is 0 Å². The van der Waals surface area contributed by atoms with Crippen LogP contribution in [0.4, 0.5) is 8.78 Å². The van der Waals surface area contributed by atoms with Gasteiger partial charge in [0.2, 0.25) is 5.91 Å². The van der Waals surface area contributed by atoms with Crippen molar-refractivity contribution in [2.45, 2.75) is 25.7 Å². The molecule has 2 aliphatic rings. The average Bonchev–Trinajstić information content (AvgIpc) is 2.96. The quantitative estimate of drug-likeness (QED) is 0.796. The number of carbonyl (C=O) groups excluding carboxylic acids is 2. The average molecular weight is 312 g/mol. The fraction of sp³-hybridized carbons (Fsp3) is 0.600. The lowest BCUT2D eigenvalue weighted by Gasteiger charge is -2.42. The van der Waals surface area contributed by atoms with Crippen molar-refractivity contribution in [3.8, 4) is 0 Å². The van der Waals surface area contributed by atoms with Gasteiger partial charge < -0.3 is 14.2 Å². The van der Waals surface area contributed by atoms with Crippen LogP contribution in [0.15, 0.2) is 16.7 Å². The van der Waals surface area contributed by atoms with E-state index in [-0.39, 0.29) is 18.2 Å². The lowest BCUT2D eigenvalue weighted by molar-refractivity contribution is -0.150. The van der Waals surface area contributed by atoms with E-state index in [1.54, 1.807) is 20.0 Å². The summed E-state index contributed by atoms with van der Waals surface area (Å²) in [7, 11) is 1.60. The molecule has 22 heavy (non-hydrogen) atoms. The van der Waals surface area contributed by atoms with Crippen molar-refractivity contribution in [3.05, 3.63) is 23.7 Å². The van der Waals surface area contributed by atoms with Crippen LogP contribution in [0, 0.1) is 12.3 Å². The van der Waals surface area contributed by atoms with Crippen LogP contribution < -0.4 is 0 Å². The molecular weight excluding hydrogens is 294 g/mol. The molecule has 1 aromatic rings. The third-order valence-electron chi connectivity index (χ3n) is 4.58. The largest absolute Gasteiger partial charge is 0.459 e. The summed E-state index contributed by atoms with van der Waals surface area (Å²) >= 11 is 0. The fourth-order valence-electron chi connectivity index (χ4n) is 3.49. The molecule has 0 unspecified atom stereocenters. The summed E-state index contributed by atoms with van der Waals surface area (Å²) < 4.78 is 33.4. The number of amides is 2. The van der Waals surface area contributed by atoms with Gasteiger partial charge in [-0.25, -0.2) is 8.78 Å². The molecule has 2 fully saturated rings. The first kappa shape index (κ1) is 15.0. The lowest BCUT2D eigenvalue weighted by atomic mass is 9.77. The Morgan fingerprint density at radius 1 is 1.36 bits per heavy atom. The molecule has 7 heteroatoms. The first-order chi connectivity index (χ1) is 10.2. The Morgan fingerprint density at radius 3 is 2.64 bits per heavy atom. The summed E-state index contributed by atoms with van der Waals surface area (Å²) in [5.41, 5.74) is -0.574. The summed E-state index contributed by atoms with van der Waals surface area (Å²) in [5.74, 6) is -3.90. The number of carbonyl (C=O) groups is 2. The zero-order valence-electron chi connectivity index (χ0n) is 12.6. The van der Waals surface area contributed by atoms with E-state index in [0.29, 0.717) is 18.5 Å². The number of furan rings is 1. The van der Waals surface area contributed by atoms with Crippen LogP contribution in [0.1, 0.15) is 29.0 Å². The molecule has 0 bridgehead atoms. The molecule has 1 aromatic heterocycles. The van der Waals surface area contributed by atoms with E-state index in [4.69, 9.17) is 4.42 Å². The number of alkyl halides is 2. The summed E-state index contributed by atoms with van der Waals surface area (Å²) in [5, 5.41) is 0. The molecule has 0 aliphatic carbocycles. The molecule has 3 rings (SSSR count). The number of nitrogens with zero attached hydrogens (tertiary/aromatic N) is 2. The molecule has 2 amide bonds. The Balaban J connectivity index is 1.91. The zero-order chi connectivity index (χ0) is 16.1. The molecule has 0 saturated carbocycles. The van der Waals surface area contributed by atoms with Gasteiger partial charge in [-0.05, 0) is 19.4 Å². The molecular formula is C15H18F2N2O3. The van der Waals surface area contributed by atoms with Crippen LogP contribution in [0.3, 0.4) is 0 Å². The normalized spacial score (nSPS) is 27.7. The van der Waals surface area contributed by atoms with Crippen molar-refractivity contribution in [1.29, 1.82) is 0 Å². The van der Waals surface area contributed by atoms with Gasteiger partial charge in [0.1, 0.15) is 0 Å². The van der Waals surface area contributed by atoms with Gasteiger partial charge >= 0.3 is 0 Å². The topological polar surface area (TPSA) is 53.8 Å². The van der Waals surface area contributed by atoms with Crippen molar-refractivity contribution in [2.24, 2.45) is 5.41 Å². The second-order valence-electron chi connectivity index (χ2n) is 6.38. The molecule has 3 heterocycles. The summed E-state index contributed by atoms with van der Waals surface area (Å²) in [6.07, 6.45) is 1.21. The second kappa shape index (κ2) is 4.79. The second-order valence-corrected chi connectivity index (χ2v) is 6.38. The van der Waals surface area contributed by atoms with Crippen LogP contribution >= 0.6 is 0 Å². The van der Waals surface area contributed by atoms with E-state index >= 15 is 0 Å². The monoisotopic (exact) mass is 312 g/mol. The van der Waals surface area contributed by atoms with E-state index in [0.717, 1.165) is 4.90 Å². The molecule has 2 saturated heterocycles. The first-order valence-electron chi connectivity index (χ1n) is 7.21. The van der Waals surface area contributed by atoms with Crippen LogP contribution in [0.5, 0.6) is 0 Å². The van der Waals surface area contributed by atoms with Gasteiger partial charge in [-0.1, -0.05) is 0 Å². The SMILES string of the molecule is Cc1ccoc1C(=O)N1CC(F)(F)C[C@@]2(CCN(C)C2=O)C1. The number of halogens is 2. The number of hydrogen-bond donors (Lipinski definition) is 0. The summed E-state index contributed by atoms with van der Waals surface area (Å²) in [6.45, 7) is 1.47. The minimum absolute atomic E-state index is 0.0186. The number of rotatable bonds is 1. The van der Waals surface area contributed by atoms with Crippen LogP contribution in [0.2, 0.25) is 0 Å². The van der Waals surface area contributed by atoms with E-state index in [1.807, 2.05) is 0 Å². The van der Waals surface area contributed by atoms with Crippen molar-refractivity contribution < 1.29 is 22.8 Å². The predicted molar refractivity (Wildman–Crippen MR) is 73.6 cm³/mol. The highest BCUT2D eigenvalue weighted by Crippen LogP contribution is 2.45. The number of hydrogen-bond acceptors (Lipinski definition) is 3. The smallest absolute Gasteiger partial charge is 0.290 e. The van der Waals surface area contributed by atoms with Crippen LogP contribution in [-0.2, 0) is 4.79 Å². The maximum atomic E-state index is 14.2. The van der Waals surface area contributed by atoms with Crippen molar-refractivity contribution in [3.63, 3.8) is 0 Å². The highest BCUT2D eigenvalue weighted by molar-refractivity contribution is 5.94. The first-order valence-corrected chi connectivity index (χ1v) is 7.21. The molecule has 0 N–H and O–H groups in total. The third-order valence-corrected chi connectivity index (χ3v) is 4.58. The van der Waals surface area contributed by atoms with Gasteiger partial charge in [0.05, 0.1) is 18.2 Å². The van der Waals surface area contributed by atoms with E-state index in [2.05, 4.69) is 0 Å². The van der Waals surface area contributed by atoms with Gasteiger partial charge in [0.25, 0.3) is 11.8 Å². The van der Waals surface area contributed by atoms with Gasteiger partial charge in [0, 0.05) is 32.1 Å². The van der Waals surface area contributed by atoms with E-state index < -0.39 is 30.2 Å². The Kier molecular flexibility index (Phi) is 3.27. The highest BCUT2D eigenvalue weighted by Gasteiger charge is 2.57. The lowest BCUT2D eigenvalue weighted by Crippen LogP contribution is -2.57. The molecule has 5 nitrogen and oxygen atoms in total. The minimum Gasteiger partial charge on any atom is -0.459 e. The van der Waals surface area contributed by atoms with Gasteiger partial charge in [-0.2, -0.15) is 0 Å². The Bertz CT molecular complexity index is 628. The molecule has 0 radical (unpaired) electrons. The molecule has 1 atom stereocenters. The summed E-state index contributed by atoms with van der Waals surface area (Å²) in [4.78, 5) is 27.3. The minimum atomic E-state index is -3.07. The fourth-order valence-corrected chi connectivity index (χ4v) is 3.49. The van der Waals surface area contributed by atoms with Crippen molar-refractivity contribution >= 4 is 11.8 Å². The van der Waals surface area contributed by atoms with E-state index in [9.17, 15) is 18.4 Å². The summed E-state index contributed by atoms with van der Waals surface area (Å²) in [6, 6.07) is 1.61. The third kappa shape index (κ3) is 2.28. The maximum Gasteiger partial charge on any atom is 0.290 e. The maximum absolute atomic E-state index is 14.2. The molecule has 0 aromatic carbocycles. The predicted octanol–water partition coefficient (Wildman–Crippen LogP) is 1.92.